The minimum atomic E-state index is 0.894. The molecule has 100 valence electrons. The Balaban J connectivity index is 1.55. The number of unbranched alkanes of at least 4 members (excludes halogenated alkanes) is 1. The summed E-state index contributed by atoms with van der Waals surface area (Å²) in [5, 5.41) is 3.37. The van der Waals surface area contributed by atoms with Crippen molar-refractivity contribution in [3.05, 3.63) is 23.9 Å². The van der Waals surface area contributed by atoms with Crippen molar-refractivity contribution in [2.24, 2.45) is 0 Å². The maximum absolute atomic E-state index is 5.33. The summed E-state index contributed by atoms with van der Waals surface area (Å²) < 4.78 is 5.33. The van der Waals surface area contributed by atoms with Crippen molar-refractivity contribution in [3.8, 4) is 0 Å². The van der Waals surface area contributed by atoms with Gasteiger partial charge in [-0.1, -0.05) is 6.07 Å². The van der Waals surface area contributed by atoms with Gasteiger partial charge in [0, 0.05) is 25.3 Å². The van der Waals surface area contributed by atoms with E-state index in [2.05, 4.69) is 15.2 Å². The second-order valence-electron chi connectivity index (χ2n) is 4.75. The van der Waals surface area contributed by atoms with Gasteiger partial charge in [0.15, 0.2) is 0 Å². The number of hydrogen-bond acceptors (Lipinski definition) is 4. The molecule has 0 aliphatic carbocycles. The van der Waals surface area contributed by atoms with E-state index in [0.717, 1.165) is 44.4 Å². The first-order valence-corrected chi connectivity index (χ1v) is 6.82. The van der Waals surface area contributed by atoms with Crippen LogP contribution in [0.1, 0.15) is 18.5 Å². The van der Waals surface area contributed by atoms with Crippen molar-refractivity contribution in [2.45, 2.75) is 19.8 Å². The molecule has 2 rings (SSSR count). The highest BCUT2D eigenvalue weighted by atomic mass is 16.5. The number of ether oxygens (including phenoxy) is 1. The van der Waals surface area contributed by atoms with Crippen LogP contribution in [0.3, 0.4) is 0 Å². The van der Waals surface area contributed by atoms with Gasteiger partial charge in [-0.3, -0.25) is 4.90 Å². The summed E-state index contributed by atoms with van der Waals surface area (Å²) in [6.07, 6.45) is 2.42. The molecule has 1 fully saturated rings. The molecule has 0 radical (unpaired) electrons. The molecular weight excluding hydrogens is 226 g/mol. The normalized spacial score (nSPS) is 16.7. The summed E-state index contributed by atoms with van der Waals surface area (Å²) in [6.45, 7) is 8.17. The summed E-state index contributed by atoms with van der Waals surface area (Å²) in [5.41, 5.74) is 1.06. The van der Waals surface area contributed by atoms with Crippen LogP contribution in [0.25, 0.3) is 0 Å². The van der Waals surface area contributed by atoms with E-state index in [1.807, 2.05) is 25.1 Å². The molecule has 1 aromatic heterocycles. The third-order valence-electron chi connectivity index (χ3n) is 3.20. The molecule has 0 atom stereocenters. The van der Waals surface area contributed by atoms with E-state index < -0.39 is 0 Å². The van der Waals surface area contributed by atoms with Crippen molar-refractivity contribution in [1.82, 2.24) is 9.88 Å². The van der Waals surface area contributed by atoms with Crippen LogP contribution in [-0.4, -0.2) is 49.3 Å². The quantitative estimate of drug-likeness (QED) is 0.782. The number of anilines is 1. The van der Waals surface area contributed by atoms with Crippen LogP contribution in [0, 0.1) is 6.92 Å². The molecule has 2 heterocycles. The molecule has 0 saturated carbocycles. The van der Waals surface area contributed by atoms with E-state index in [4.69, 9.17) is 4.74 Å². The first kappa shape index (κ1) is 13.3. The largest absolute Gasteiger partial charge is 0.379 e. The second kappa shape index (κ2) is 7.34. The Morgan fingerprint density at radius 3 is 2.89 bits per heavy atom. The summed E-state index contributed by atoms with van der Waals surface area (Å²) in [5.74, 6) is 0.987. The van der Waals surface area contributed by atoms with E-state index in [1.54, 1.807) is 0 Å². The number of nitrogens with one attached hydrogen (secondary N) is 1. The fraction of sp³-hybridized carbons (Fsp3) is 0.643. The van der Waals surface area contributed by atoms with Gasteiger partial charge in [0.2, 0.25) is 0 Å². The summed E-state index contributed by atoms with van der Waals surface area (Å²) in [7, 11) is 0. The zero-order valence-corrected chi connectivity index (χ0v) is 11.2. The summed E-state index contributed by atoms with van der Waals surface area (Å²) in [4.78, 5) is 6.90. The third-order valence-corrected chi connectivity index (χ3v) is 3.20. The third kappa shape index (κ3) is 4.63. The minimum Gasteiger partial charge on any atom is -0.379 e. The summed E-state index contributed by atoms with van der Waals surface area (Å²) >= 11 is 0. The standard InChI is InChI=1S/C14H23N3O/c1-13-5-4-6-14(16-13)15-7-2-3-8-17-9-11-18-12-10-17/h4-6H,2-3,7-12H2,1H3,(H,15,16). The van der Waals surface area contributed by atoms with E-state index in [1.165, 1.54) is 19.4 Å². The van der Waals surface area contributed by atoms with E-state index in [-0.39, 0.29) is 0 Å². The highest BCUT2D eigenvalue weighted by Gasteiger charge is 2.08. The van der Waals surface area contributed by atoms with Gasteiger partial charge in [-0.15, -0.1) is 0 Å². The molecule has 4 heteroatoms. The van der Waals surface area contributed by atoms with Crippen molar-refractivity contribution < 1.29 is 4.74 Å². The van der Waals surface area contributed by atoms with Gasteiger partial charge in [-0.05, 0) is 38.4 Å². The van der Waals surface area contributed by atoms with Crippen LogP contribution in [0.5, 0.6) is 0 Å². The van der Waals surface area contributed by atoms with Crippen LogP contribution < -0.4 is 5.32 Å². The molecule has 0 bridgehead atoms. The minimum absolute atomic E-state index is 0.894. The topological polar surface area (TPSA) is 37.4 Å². The lowest BCUT2D eigenvalue weighted by Crippen LogP contribution is -2.36. The van der Waals surface area contributed by atoms with Crippen molar-refractivity contribution in [1.29, 1.82) is 0 Å². The van der Waals surface area contributed by atoms with Gasteiger partial charge in [-0.2, -0.15) is 0 Å². The van der Waals surface area contributed by atoms with E-state index >= 15 is 0 Å². The monoisotopic (exact) mass is 249 g/mol. The van der Waals surface area contributed by atoms with Crippen LogP contribution in [0.15, 0.2) is 18.2 Å². The molecule has 0 spiro atoms. The van der Waals surface area contributed by atoms with Crippen LogP contribution in [-0.2, 0) is 4.74 Å². The predicted octanol–water partition coefficient (Wildman–Crippen LogP) is 1.91. The number of aryl methyl sites for hydroxylation is 1. The zero-order valence-electron chi connectivity index (χ0n) is 11.2. The molecule has 1 aromatic rings. The number of morpholine rings is 1. The number of pyridine rings is 1. The van der Waals surface area contributed by atoms with Gasteiger partial charge < -0.3 is 10.1 Å². The van der Waals surface area contributed by atoms with E-state index in [9.17, 15) is 0 Å². The molecule has 4 nitrogen and oxygen atoms in total. The number of rotatable bonds is 6. The highest BCUT2D eigenvalue weighted by Crippen LogP contribution is 2.05. The molecule has 0 amide bonds. The van der Waals surface area contributed by atoms with Gasteiger partial charge in [0.1, 0.15) is 5.82 Å². The van der Waals surface area contributed by atoms with Crippen molar-refractivity contribution >= 4 is 5.82 Å². The predicted molar refractivity (Wildman–Crippen MR) is 74.0 cm³/mol. The smallest absolute Gasteiger partial charge is 0.126 e. The number of hydrogen-bond donors (Lipinski definition) is 1. The number of nitrogens with zero attached hydrogens (tertiary/aromatic N) is 2. The number of aromatic nitrogens is 1. The fourth-order valence-electron chi connectivity index (χ4n) is 2.14. The van der Waals surface area contributed by atoms with Crippen molar-refractivity contribution in [3.63, 3.8) is 0 Å². The lowest BCUT2D eigenvalue weighted by atomic mass is 10.2. The van der Waals surface area contributed by atoms with Crippen LogP contribution in [0.2, 0.25) is 0 Å². The van der Waals surface area contributed by atoms with E-state index in [0.29, 0.717) is 0 Å². The van der Waals surface area contributed by atoms with Gasteiger partial charge in [0.25, 0.3) is 0 Å². The van der Waals surface area contributed by atoms with Gasteiger partial charge >= 0.3 is 0 Å². The first-order chi connectivity index (χ1) is 8.84. The Kier molecular flexibility index (Phi) is 5.42. The molecule has 18 heavy (non-hydrogen) atoms. The molecule has 1 saturated heterocycles. The van der Waals surface area contributed by atoms with Crippen LogP contribution >= 0.6 is 0 Å². The SMILES string of the molecule is Cc1cccc(NCCCCN2CCOCC2)n1. The lowest BCUT2D eigenvalue weighted by Gasteiger charge is -2.26. The highest BCUT2D eigenvalue weighted by molar-refractivity contribution is 5.34. The maximum Gasteiger partial charge on any atom is 0.126 e. The van der Waals surface area contributed by atoms with Gasteiger partial charge in [-0.25, -0.2) is 4.98 Å². The zero-order chi connectivity index (χ0) is 12.6. The second-order valence-corrected chi connectivity index (χ2v) is 4.75. The average Bonchev–Trinajstić information content (AvgIpc) is 2.40. The Labute approximate surface area is 109 Å². The molecule has 1 N–H and O–H groups in total. The van der Waals surface area contributed by atoms with Gasteiger partial charge in [0.05, 0.1) is 13.2 Å². The van der Waals surface area contributed by atoms with Crippen LogP contribution in [0.4, 0.5) is 5.82 Å². The fourth-order valence-corrected chi connectivity index (χ4v) is 2.14. The Morgan fingerprint density at radius 1 is 1.28 bits per heavy atom. The van der Waals surface area contributed by atoms with Crippen molar-refractivity contribution in [2.75, 3.05) is 44.7 Å². The summed E-state index contributed by atoms with van der Waals surface area (Å²) in [6, 6.07) is 6.08. The molecule has 0 unspecified atom stereocenters. The Morgan fingerprint density at radius 2 is 2.11 bits per heavy atom. The molecular formula is C14H23N3O. The average molecular weight is 249 g/mol. The molecule has 1 aliphatic rings. The molecule has 1 aliphatic heterocycles. The Bertz CT molecular complexity index is 351. The first-order valence-electron chi connectivity index (χ1n) is 6.82. The Hall–Kier alpha value is -1.13. The molecule has 0 aromatic carbocycles. The lowest BCUT2D eigenvalue weighted by molar-refractivity contribution is 0.0373. The maximum atomic E-state index is 5.33.